The molecule has 2 rings (SSSR count). The highest BCUT2D eigenvalue weighted by molar-refractivity contribution is 7.89. The summed E-state index contributed by atoms with van der Waals surface area (Å²) in [6.45, 7) is 5.44. The van der Waals surface area contributed by atoms with E-state index in [2.05, 4.69) is 15.0 Å². The Morgan fingerprint density at radius 1 is 1.26 bits per heavy atom. The minimum atomic E-state index is -3.53. The third-order valence-corrected chi connectivity index (χ3v) is 5.10. The fourth-order valence-electron chi connectivity index (χ4n) is 2.18. The van der Waals surface area contributed by atoms with Crippen molar-refractivity contribution in [2.75, 3.05) is 19.7 Å². The zero-order valence-electron chi connectivity index (χ0n) is 15.6. The fraction of sp³-hybridized carbons (Fsp3) is 0.444. The molecule has 2 N–H and O–H groups in total. The van der Waals surface area contributed by atoms with Crippen molar-refractivity contribution in [3.8, 4) is 5.75 Å². The molecule has 9 heteroatoms. The summed E-state index contributed by atoms with van der Waals surface area (Å²) in [6.07, 6.45) is 6.10. The number of imidazole rings is 1. The Hall–Kier alpha value is -2.39. The van der Waals surface area contributed by atoms with Crippen molar-refractivity contribution in [2.24, 2.45) is 5.92 Å². The van der Waals surface area contributed by atoms with Crippen LogP contribution in [0.1, 0.15) is 20.3 Å². The lowest BCUT2D eigenvalue weighted by atomic mass is 10.2. The molecule has 148 valence electrons. The molecular weight excluding hydrogens is 368 g/mol. The van der Waals surface area contributed by atoms with Gasteiger partial charge in [0.05, 0.1) is 11.2 Å². The maximum atomic E-state index is 12.1. The summed E-state index contributed by atoms with van der Waals surface area (Å²) in [4.78, 5) is 15.9. The van der Waals surface area contributed by atoms with Crippen molar-refractivity contribution in [3.05, 3.63) is 43.0 Å². The van der Waals surface area contributed by atoms with Gasteiger partial charge < -0.3 is 14.6 Å². The molecule has 8 nitrogen and oxygen atoms in total. The number of carbonyl (C=O) groups is 1. The lowest BCUT2D eigenvalue weighted by molar-refractivity contribution is -0.123. The molecule has 27 heavy (non-hydrogen) atoms. The second-order valence-corrected chi connectivity index (χ2v) is 8.28. The van der Waals surface area contributed by atoms with Crippen molar-refractivity contribution in [1.82, 2.24) is 19.6 Å². The van der Waals surface area contributed by atoms with Crippen LogP contribution < -0.4 is 14.8 Å². The number of aromatic nitrogens is 2. The van der Waals surface area contributed by atoms with E-state index in [1.807, 2.05) is 24.6 Å². The molecule has 0 saturated carbocycles. The molecule has 0 aliphatic heterocycles. The van der Waals surface area contributed by atoms with E-state index in [1.54, 1.807) is 12.5 Å². The predicted molar refractivity (Wildman–Crippen MR) is 102 cm³/mol. The first-order chi connectivity index (χ1) is 12.9. The Balaban J connectivity index is 1.71. The third kappa shape index (κ3) is 7.40. The second-order valence-electron chi connectivity index (χ2n) is 6.51. The quantitative estimate of drug-likeness (QED) is 0.561. The van der Waals surface area contributed by atoms with E-state index in [4.69, 9.17) is 4.74 Å². The summed E-state index contributed by atoms with van der Waals surface area (Å²) >= 11 is 0. The minimum absolute atomic E-state index is 0.122. The standard InChI is InChI=1S/C18H26N4O4S/c1-15(2)12-21-27(24,25)17-6-4-16(5-7-17)26-13-18(23)20-8-3-10-22-11-9-19-14-22/h4-7,9,11,14-15,21H,3,8,10,12-13H2,1-2H3,(H,20,23). The maximum absolute atomic E-state index is 12.1. The number of hydrogen-bond donors (Lipinski definition) is 2. The second kappa shape index (κ2) is 10.1. The van der Waals surface area contributed by atoms with Gasteiger partial charge in [-0.15, -0.1) is 0 Å². The summed E-state index contributed by atoms with van der Waals surface area (Å²) in [5.41, 5.74) is 0. The lowest BCUT2D eigenvalue weighted by Crippen LogP contribution is -2.30. The molecule has 0 saturated heterocycles. The van der Waals surface area contributed by atoms with E-state index in [0.717, 1.165) is 13.0 Å². The number of carbonyl (C=O) groups excluding carboxylic acids is 1. The van der Waals surface area contributed by atoms with E-state index in [0.29, 0.717) is 18.8 Å². The Kier molecular flexibility index (Phi) is 7.81. The molecule has 0 radical (unpaired) electrons. The van der Waals surface area contributed by atoms with Crippen molar-refractivity contribution >= 4 is 15.9 Å². The Morgan fingerprint density at radius 3 is 2.63 bits per heavy atom. The van der Waals surface area contributed by atoms with Crippen LogP contribution in [0.25, 0.3) is 0 Å². The van der Waals surface area contributed by atoms with Crippen LogP contribution in [0.2, 0.25) is 0 Å². The number of hydrogen-bond acceptors (Lipinski definition) is 5. The van der Waals surface area contributed by atoms with Crippen LogP contribution in [-0.2, 0) is 21.4 Å². The van der Waals surface area contributed by atoms with Gasteiger partial charge in [0.2, 0.25) is 10.0 Å². The van der Waals surface area contributed by atoms with E-state index >= 15 is 0 Å². The topological polar surface area (TPSA) is 102 Å². The number of nitrogens with one attached hydrogen (secondary N) is 2. The number of nitrogens with zero attached hydrogens (tertiary/aromatic N) is 2. The van der Waals surface area contributed by atoms with Gasteiger partial charge in [-0.05, 0) is 36.6 Å². The van der Waals surface area contributed by atoms with Crippen molar-refractivity contribution in [3.63, 3.8) is 0 Å². The third-order valence-electron chi connectivity index (χ3n) is 3.66. The van der Waals surface area contributed by atoms with Gasteiger partial charge in [0.25, 0.3) is 5.91 Å². The Bertz CT molecular complexity index is 802. The van der Waals surface area contributed by atoms with E-state index in [-0.39, 0.29) is 23.3 Å². The molecular formula is C18H26N4O4S. The molecule has 0 atom stereocenters. The monoisotopic (exact) mass is 394 g/mol. The Morgan fingerprint density at radius 2 is 2.00 bits per heavy atom. The lowest BCUT2D eigenvalue weighted by Gasteiger charge is -2.10. The molecule has 0 bridgehead atoms. The first-order valence-corrected chi connectivity index (χ1v) is 10.3. The van der Waals surface area contributed by atoms with Crippen LogP contribution in [0.3, 0.4) is 0 Å². The highest BCUT2D eigenvalue weighted by atomic mass is 32.2. The summed E-state index contributed by atoms with van der Waals surface area (Å²) in [6, 6.07) is 5.99. The van der Waals surface area contributed by atoms with Crippen LogP contribution in [0.15, 0.2) is 47.9 Å². The smallest absolute Gasteiger partial charge is 0.257 e. The molecule has 0 aliphatic rings. The number of amides is 1. The highest BCUT2D eigenvalue weighted by Gasteiger charge is 2.14. The van der Waals surface area contributed by atoms with Crippen LogP contribution in [-0.4, -0.2) is 43.6 Å². The van der Waals surface area contributed by atoms with Crippen LogP contribution in [0.4, 0.5) is 0 Å². The predicted octanol–water partition coefficient (Wildman–Crippen LogP) is 1.40. The van der Waals surface area contributed by atoms with E-state index < -0.39 is 10.0 Å². The molecule has 1 aromatic carbocycles. The van der Waals surface area contributed by atoms with Crippen LogP contribution in [0, 0.1) is 5.92 Å². The number of aryl methyl sites for hydroxylation is 1. The summed E-state index contributed by atoms with van der Waals surface area (Å²) in [7, 11) is -3.53. The van der Waals surface area contributed by atoms with Crippen molar-refractivity contribution in [2.45, 2.75) is 31.7 Å². The Labute approximate surface area is 160 Å². The van der Waals surface area contributed by atoms with Crippen molar-refractivity contribution in [1.29, 1.82) is 0 Å². The minimum Gasteiger partial charge on any atom is -0.484 e. The largest absolute Gasteiger partial charge is 0.484 e. The number of benzene rings is 1. The molecule has 0 unspecified atom stereocenters. The summed E-state index contributed by atoms with van der Waals surface area (Å²) in [5.74, 6) is 0.433. The molecule has 1 aromatic heterocycles. The first-order valence-electron chi connectivity index (χ1n) is 8.82. The maximum Gasteiger partial charge on any atom is 0.257 e. The van der Waals surface area contributed by atoms with E-state index in [1.165, 1.54) is 24.3 Å². The van der Waals surface area contributed by atoms with Gasteiger partial charge in [-0.1, -0.05) is 13.8 Å². The van der Waals surface area contributed by atoms with Gasteiger partial charge in [0.1, 0.15) is 5.75 Å². The SMILES string of the molecule is CC(C)CNS(=O)(=O)c1ccc(OCC(=O)NCCCn2ccnc2)cc1. The zero-order chi connectivity index (χ0) is 19.7. The molecule has 0 spiro atoms. The number of rotatable bonds is 11. The molecule has 1 heterocycles. The molecule has 1 amide bonds. The van der Waals surface area contributed by atoms with Gasteiger partial charge >= 0.3 is 0 Å². The fourth-order valence-corrected chi connectivity index (χ4v) is 3.40. The number of sulfonamides is 1. The highest BCUT2D eigenvalue weighted by Crippen LogP contribution is 2.16. The van der Waals surface area contributed by atoms with Gasteiger partial charge in [-0.2, -0.15) is 0 Å². The normalized spacial score (nSPS) is 11.5. The zero-order valence-corrected chi connectivity index (χ0v) is 16.4. The van der Waals surface area contributed by atoms with Crippen molar-refractivity contribution < 1.29 is 17.9 Å². The van der Waals surface area contributed by atoms with Gasteiger partial charge in [0.15, 0.2) is 6.61 Å². The van der Waals surface area contributed by atoms with E-state index in [9.17, 15) is 13.2 Å². The van der Waals surface area contributed by atoms with Crippen LogP contribution in [0.5, 0.6) is 5.75 Å². The molecule has 0 aliphatic carbocycles. The number of ether oxygens (including phenoxy) is 1. The van der Waals surface area contributed by atoms with Gasteiger partial charge in [-0.3, -0.25) is 4.79 Å². The van der Waals surface area contributed by atoms with Gasteiger partial charge in [0, 0.05) is 32.0 Å². The van der Waals surface area contributed by atoms with Gasteiger partial charge in [-0.25, -0.2) is 18.1 Å². The average molecular weight is 394 g/mol. The first kappa shape index (κ1) is 20.9. The molecule has 0 fully saturated rings. The molecule has 2 aromatic rings. The van der Waals surface area contributed by atoms with Crippen LogP contribution >= 0.6 is 0 Å². The summed E-state index contributed by atoms with van der Waals surface area (Å²) in [5, 5.41) is 2.77. The summed E-state index contributed by atoms with van der Waals surface area (Å²) < 4.78 is 34.1. The average Bonchev–Trinajstić information content (AvgIpc) is 3.16.